The van der Waals surface area contributed by atoms with Crippen LogP contribution in [0.15, 0.2) is 11.6 Å². The molecule has 1 heterocycles. The summed E-state index contributed by atoms with van der Waals surface area (Å²) in [7, 11) is 0. The van der Waals surface area contributed by atoms with E-state index in [-0.39, 0.29) is 12.2 Å². The molecule has 2 fully saturated rings. The van der Waals surface area contributed by atoms with E-state index in [0.717, 1.165) is 6.08 Å². The summed E-state index contributed by atoms with van der Waals surface area (Å²) in [5.41, 5.74) is 0.648. The van der Waals surface area contributed by atoms with Crippen molar-refractivity contribution in [2.75, 3.05) is 0 Å². The summed E-state index contributed by atoms with van der Waals surface area (Å²) in [6.07, 6.45) is 1.06. The van der Waals surface area contributed by atoms with Gasteiger partial charge in [0.05, 0.1) is 6.10 Å². The van der Waals surface area contributed by atoms with Gasteiger partial charge in [-0.1, -0.05) is 0 Å². The number of epoxide rings is 1. The number of carbonyl (C=O) groups is 2. The Morgan fingerprint density at radius 3 is 2.93 bits per heavy atom. The lowest BCUT2D eigenvalue weighted by Crippen LogP contribution is -2.31. The smallest absolute Gasteiger partial charge is 0.201 e. The summed E-state index contributed by atoms with van der Waals surface area (Å²) in [5.74, 6) is -2.74. The fourth-order valence-electron chi connectivity index (χ4n) is 1.72. The number of carboxylic acids is 1. The van der Waals surface area contributed by atoms with Crippen LogP contribution in [0.1, 0.15) is 12.8 Å². The van der Waals surface area contributed by atoms with Gasteiger partial charge in [-0.25, -0.2) is 0 Å². The van der Waals surface area contributed by atoms with E-state index in [0.29, 0.717) is 18.4 Å². The molecular formula is C9H9O5-. The Morgan fingerprint density at radius 2 is 2.29 bits per heavy atom. The number of ketones is 1. The second-order valence-electron chi connectivity index (χ2n) is 3.50. The van der Waals surface area contributed by atoms with Gasteiger partial charge in [0.1, 0.15) is 18.2 Å². The van der Waals surface area contributed by atoms with Crippen molar-refractivity contribution in [3.05, 3.63) is 11.6 Å². The topological polar surface area (TPSA) is 90.0 Å². The Bertz CT molecular complexity index is 319. The summed E-state index contributed by atoms with van der Waals surface area (Å²) in [6, 6.07) is 0. The van der Waals surface area contributed by atoms with Gasteiger partial charge in [-0.15, -0.1) is 0 Å². The number of ether oxygens (including phenoxy) is 1. The fourth-order valence-corrected chi connectivity index (χ4v) is 1.72. The van der Waals surface area contributed by atoms with Crippen molar-refractivity contribution in [1.82, 2.24) is 0 Å². The van der Waals surface area contributed by atoms with E-state index in [1.54, 1.807) is 0 Å². The second kappa shape index (κ2) is 3.18. The highest BCUT2D eigenvalue weighted by molar-refractivity contribution is 6.36. The molecule has 1 N–H and O–H groups in total. The van der Waals surface area contributed by atoms with Crippen LogP contribution in [-0.2, 0) is 14.3 Å². The van der Waals surface area contributed by atoms with E-state index in [1.807, 2.05) is 0 Å². The van der Waals surface area contributed by atoms with Crippen LogP contribution in [0.2, 0.25) is 0 Å². The predicted octanol–water partition coefficient (Wildman–Crippen LogP) is -1.85. The molecule has 1 saturated carbocycles. The first kappa shape index (κ1) is 9.36. The van der Waals surface area contributed by atoms with Gasteiger partial charge in [0.2, 0.25) is 5.78 Å². The Balaban J connectivity index is 2.07. The lowest BCUT2D eigenvalue weighted by Gasteiger charge is -2.14. The van der Waals surface area contributed by atoms with Gasteiger partial charge < -0.3 is 19.7 Å². The Morgan fingerprint density at radius 1 is 1.57 bits per heavy atom. The third kappa shape index (κ3) is 1.56. The molecule has 76 valence electrons. The molecule has 2 aliphatic rings. The van der Waals surface area contributed by atoms with Gasteiger partial charge in [-0.3, -0.25) is 4.79 Å². The largest absolute Gasteiger partial charge is 0.541 e. The van der Waals surface area contributed by atoms with Crippen molar-refractivity contribution >= 4 is 11.8 Å². The standard InChI is InChI=1S/C9H10O5/c10-5-2-1-4(7-8(5)14-7)3-6(11)9(12)13/h3,5,7-8,10H,1-2H2,(H,12,13)/p-1/b4-3-/t5-,7-,8+/m1/s1. The third-order valence-corrected chi connectivity index (χ3v) is 2.52. The SMILES string of the molecule is O=C([O-])C(=O)/C=C1/CC[C@@H](O)[C@@H]2O[C@H]12. The van der Waals surface area contributed by atoms with Gasteiger partial charge in [0.25, 0.3) is 0 Å². The lowest BCUT2D eigenvalue weighted by molar-refractivity contribution is -0.299. The van der Waals surface area contributed by atoms with Gasteiger partial charge >= 0.3 is 0 Å². The first-order chi connectivity index (χ1) is 6.59. The molecule has 5 heteroatoms. The molecular weight excluding hydrogens is 188 g/mol. The summed E-state index contributed by atoms with van der Waals surface area (Å²) < 4.78 is 5.10. The highest BCUT2D eigenvalue weighted by atomic mass is 16.6. The molecule has 5 nitrogen and oxygen atoms in total. The lowest BCUT2D eigenvalue weighted by atomic mass is 9.92. The Labute approximate surface area is 80.0 Å². The van der Waals surface area contributed by atoms with Crippen LogP contribution < -0.4 is 5.11 Å². The van der Waals surface area contributed by atoms with Crippen LogP contribution in [0, 0.1) is 0 Å². The first-order valence-corrected chi connectivity index (χ1v) is 4.39. The monoisotopic (exact) mass is 197 g/mol. The van der Waals surface area contributed by atoms with Crippen LogP contribution in [0.5, 0.6) is 0 Å². The number of hydrogen-bond donors (Lipinski definition) is 1. The van der Waals surface area contributed by atoms with Crippen molar-refractivity contribution in [3.8, 4) is 0 Å². The highest BCUT2D eigenvalue weighted by Gasteiger charge is 2.49. The maximum absolute atomic E-state index is 10.8. The van der Waals surface area contributed by atoms with Crippen molar-refractivity contribution in [3.63, 3.8) is 0 Å². The molecule has 1 aliphatic carbocycles. The van der Waals surface area contributed by atoms with E-state index in [9.17, 15) is 19.8 Å². The minimum atomic E-state index is -1.71. The molecule has 0 radical (unpaired) electrons. The van der Waals surface area contributed by atoms with E-state index in [2.05, 4.69) is 0 Å². The molecule has 2 rings (SSSR count). The zero-order chi connectivity index (χ0) is 10.3. The van der Waals surface area contributed by atoms with Crippen LogP contribution >= 0.6 is 0 Å². The number of rotatable bonds is 2. The van der Waals surface area contributed by atoms with Crippen LogP contribution in [-0.4, -0.2) is 35.2 Å². The maximum atomic E-state index is 10.8. The molecule has 0 aromatic heterocycles. The number of aliphatic hydroxyl groups is 1. The molecule has 3 atom stereocenters. The van der Waals surface area contributed by atoms with Gasteiger partial charge in [-0.05, 0) is 24.5 Å². The van der Waals surface area contributed by atoms with Gasteiger partial charge in [0.15, 0.2) is 0 Å². The predicted molar refractivity (Wildman–Crippen MR) is 42.0 cm³/mol. The zero-order valence-electron chi connectivity index (χ0n) is 7.30. The number of hydrogen-bond acceptors (Lipinski definition) is 5. The molecule has 0 aromatic carbocycles. The molecule has 0 unspecified atom stereocenters. The quantitative estimate of drug-likeness (QED) is 0.319. The number of fused-ring (bicyclic) bond motifs is 1. The number of carbonyl (C=O) groups excluding carboxylic acids is 2. The average molecular weight is 197 g/mol. The van der Waals surface area contributed by atoms with E-state index >= 15 is 0 Å². The Hall–Kier alpha value is -1.20. The minimum absolute atomic E-state index is 0.246. The Kier molecular flexibility index (Phi) is 2.13. The average Bonchev–Trinajstić information content (AvgIpc) is 2.89. The number of carboxylic acid groups (broad SMARTS) is 1. The summed E-state index contributed by atoms with van der Waals surface area (Å²) >= 11 is 0. The van der Waals surface area contributed by atoms with Gasteiger partial charge in [0, 0.05) is 0 Å². The van der Waals surface area contributed by atoms with Crippen molar-refractivity contribution < 1.29 is 24.5 Å². The second-order valence-corrected chi connectivity index (χ2v) is 3.50. The zero-order valence-corrected chi connectivity index (χ0v) is 7.30. The first-order valence-electron chi connectivity index (χ1n) is 4.39. The molecule has 1 aliphatic heterocycles. The highest BCUT2D eigenvalue weighted by Crippen LogP contribution is 2.40. The van der Waals surface area contributed by atoms with Crippen LogP contribution in [0.3, 0.4) is 0 Å². The number of aliphatic carboxylic acids is 1. The third-order valence-electron chi connectivity index (χ3n) is 2.52. The fraction of sp³-hybridized carbons (Fsp3) is 0.556. The minimum Gasteiger partial charge on any atom is -0.541 e. The number of aliphatic hydroxyl groups excluding tert-OH is 1. The molecule has 0 amide bonds. The van der Waals surface area contributed by atoms with Crippen LogP contribution in [0.25, 0.3) is 0 Å². The van der Waals surface area contributed by atoms with E-state index in [1.165, 1.54) is 0 Å². The van der Waals surface area contributed by atoms with Crippen molar-refractivity contribution in [2.45, 2.75) is 31.2 Å². The normalized spacial score (nSPS) is 37.8. The van der Waals surface area contributed by atoms with Crippen LogP contribution in [0.4, 0.5) is 0 Å². The molecule has 1 saturated heterocycles. The van der Waals surface area contributed by atoms with Crippen molar-refractivity contribution in [2.24, 2.45) is 0 Å². The summed E-state index contributed by atoms with van der Waals surface area (Å²) in [4.78, 5) is 21.0. The summed E-state index contributed by atoms with van der Waals surface area (Å²) in [6.45, 7) is 0. The summed E-state index contributed by atoms with van der Waals surface area (Å²) in [5, 5.41) is 19.5. The van der Waals surface area contributed by atoms with Crippen molar-refractivity contribution in [1.29, 1.82) is 0 Å². The molecule has 0 bridgehead atoms. The molecule has 0 aromatic rings. The van der Waals surface area contributed by atoms with E-state index < -0.39 is 17.9 Å². The molecule has 0 spiro atoms. The van der Waals surface area contributed by atoms with Gasteiger partial charge in [-0.2, -0.15) is 0 Å². The van der Waals surface area contributed by atoms with E-state index in [4.69, 9.17) is 4.74 Å². The maximum Gasteiger partial charge on any atom is 0.201 e. The molecule has 14 heavy (non-hydrogen) atoms.